The van der Waals surface area contributed by atoms with Crippen LogP contribution < -0.4 is 9.46 Å². The van der Waals surface area contributed by atoms with Gasteiger partial charge in [0.25, 0.3) is 10.2 Å². The quantitative estimate of drug-likeness (QED) is 0.752. The maximum atomic E-state index is 12.1. The van der Waals surface area contributed by atoms with Crippen LogP contribution in [-0.2, 0) is 22.0 Å². The first-order valence-electron chi connectivity index (χ1n) is 9.27. The first-order valence-corrected chi connectivity index (χ1v) is 10.7. The van der Waals surface area contributed by atoms with Crippen molar-refractivity contribution in [3.63, 3.8) is 0 Å². The second-order valence-corrected chi connectivity index (χ2v) is 9.18. The lowest BCUT2D eigenvalue weighted by Crippen LogP contribution is -2.50. The van der Waals surface area contributed by atoms with Crippen LogP contribution >= 0.6 is 0 Å². The van der Waals surface area contributed by atoms with Crippen LogP contribution in [-0.4, -0.2) is 62.5 Å². The van der Waals surface area contributed by atoms with Gasteiger partial charge in [0.05, 0.1) is 18.9 Å². The molecule has 1 aromatic heterocycles. The van der Waals surface area contributed by atoms with Crippen molar-refractivity contribution in [1.29, 1.82) is 0 Å². The van der Waals surface area contributed by atoms with E-state index in [0.29, 0.717) is 26.2 Å². The van der Waals surface area contributed by atoms with Crippen LogP contribution in [0.2, 0.25) is 0 Å². The van der Waals surface area contributed by atoms with E-state index in [1.807, 2.05) is 49.0 Å². The lowest BCUT2D eigenvalue weighted by molar-refractivity contribution is 0.0183. The largest absolute Gasteiger partial charge is 0.493 e. The minimum atomic E-state index is -3.49. The van der Waals surface area contributed by atoms with E-state index in [0.717, 1.165) is 22.7 Å². The zero-order valence-corrected chi connectivity index (χ0v) is 17.6. The maximum Gasteiger partial charge on any atom is 0.279 e. The average Bonchev–Trinajstić information content (AvgIpc) is 3.00. The number of hydrogen-bond acceptors (Lipinski definition) is 5. The fraction of sp³-hybridized carbons (Fsp3) is 0.526. The molecule has 154 valence electrons. The molecule has 0 bridgehead atoms. The van der Waals surface area contributed by atoms with Crippen molar-refractivity contribution in [2.45, 2.75) is 19.4 Å². The van der Waals surface area contributed by atoms with Crippen LogP contribution in [0.25, 0.3) is 11.3 Å². The zero-order chi connectivity index (χ0) is 20.3. The van der Waals surface area contributed by atoms with Crippen LogP contribution in [0.3, 0.4) is 0 Å². The van der Waals surface area contributed by atoms with E-state index in [1.54, 1.807) is 0 Å². The first kappa shape index (κ1) is 20.8. The van der Waals surface area contributed by atoms with E-state index in [9.17, 15) is 8.42 Å². The molecule has 1 aliphatic rings. The molecule has 28 heavy (non-hydrogen) atoms. The molecule has 0 spiro atoms. The summed E-state index contributed by atoms with van der Waals surface area (Å²) >= 11 is 0. The van der Waals surface area contributed by atoms with Gasteiger partial charge < -0.3 is 9.47 Å². The predicted octanol–water partition coefficient (Wildman–Crippen LogP) is 1.58. The maximum absolute atomic E-state index is 12.1. The number of aromatic nitrogens is 2. The molecule has 0 saturated carbocycles. The van der Waals surface area contributed by atoms with Crippen molar-refractivity contribution < 1.29 is 17.9 Å². The van der Waals surface area contributed by atoms with Crippen LogP contribution in [0.5, 0.6) is 5.75 Å². The highest BCUT2D eigenvalue weighted by Gasteiger charge is 2.30. The van der Waals surface area contributed by atoms with Crippen molar-refractivity contribution in [3.8, 4) is 17.0 Å². The fourth-order valence-electron chi connectivity index (χ4n) is 3.04. The van der Waals surface area contributed by atoms with Gasteiger partial charge in [-0.25, -0.2) is 0 Å². The van der Waals surface area contributed by atoms with E-state index in [4.69, 9.17) is 9.47 Å². The van der Waals surface area contributed by atoms with Gasteiger partial charge in [-0.05, 0) is 43.7 Å². The Balaban J connectivity index is 1.62. The van der Waals surface area contributed by atoms with Crippen molar-refractivity contribution in [1.82, 2.24) is 18.8 Å². The summed E-state index contributed by atoms with van der Waals surface area (Å²) in [5.74, 6) is 0.679. The summed E-state index contributed by atoms with van der Waals surface area (Å²) in [6.07, 6.45) is 0.624. The monoisotopic (exact) mass is 408 g/mol. The zero-order valence-electron chi connectivity index (χ0n) is 16.8. The van der Waals surface area contributed by atoms with Gasteiger partial charge in [-0.1, -0.05) is 0 Å². The third kappa shape index (κ3) is 4.91. The lowest BCUT2D eigenvalue weighted by atomic mass is 9.98. The molecule has 8 nitrogen and oxygen atoms in total. The summed E-state index contributed by atoms with van der Waals surface area (Å²) in [4.78, 5) is 0. The van der Waals surface area contributed by atoms with E-state index >= 15 is 0 Å². The van der Waals surface area contributed by atoms with Crippen LogP contribution in [0.4, 0.5) is 0 Å². The number of hydrogen-bond donors (Lipinski definition) is 1. The van der Waals surface area contributed by atoms with Crippen molar-refractivity contribution >= 4 is 10.2 Å². The summed E-state index contributed by atoms with van der Waals surface area (Å²) in [6.45, 7) is 3.39. The Morgan fingerprint density at radius 3 is 2.64 bits per heavy atom. The summed E-state index contributed by atoms with van der Waals surface area (Å²) in [5.41, 5.74) is 3.04. The molecule has 2 heterocycles. The summed E-state index contributed by atoms with van der Waals surface area (Å²) in [5, 5.41) is 4.48. The highest BCUT2D eigenvalue weighted by Crippen LogP contribution is 2.23. The van der Waals surface area contributed by atoms with Crippen LogP contribution in [0, 0.1) is 12.8 Å². The van der Waals surface area contributed by atoms with Crippen molar-refractivity contribution in [3.05, 3.63) is 36.0 Å². The Bertz CT molecular complexity index is 874. The molecule has 1 saturated heterocycles. The van der Waals surface area contributed by atoms with E-state index < -0.39 is 10.2 Å². The van der Waals surface area contributed by atoms with Crippen molar-refractivity contribution in [2.75, 3.05) is 33.9 Å². The molecular weight excluding hydrogens is 380 g/mol. The topological polar surface area (TPSA) is 85.7 Å². The van der Waals surface area contributed by atoms with Gasteiger partial charge >= 0.3 is 0 Å². The molecule has 1 aromatic carbocycles. The molecule has 2 atom stereocenters. The van der Waals surface area contributed by atoms with Gasteiger partial charge in [-0.15, -0.1) is 0 Å². The Labute approximate surface area is 166 Å². The highest BCUT2D eigenvalue weighted by atomic mass is 32.2. The van der Waals surface area contributed by atoms with E-state index in [1.165, 1.54) is 18.4 Å². The molecule has 0 radical (unpaired) electrons. The van der Waals surface area contributed by atoms with Gasteiger partial charge in [-0.3, -0.25) is 4.68 Å². The smallest absolute Gasteiger partial charge is 0.279 e. The SMILES string of the molecule is Cc1cc(-c2ccc(OCC3COCCC3NS(=O)(=O)N(C)C)cc2)nn1C. The number of benzene rings is 1. The molecule has 1 N–H and O–H groups in total. The predicted molar refractivity (Wildman–Crippen MR) is 107 cm³/mol. The minimum Gasteiger partial charge on any atom is -0.493 e. The highest BCUT2D eigenvalue weighted by molar-refractivity contribution is 7.87. The summed E-state index contributed by atoms with van der Waals surface area (Å²) in [7, 11) is 1.46. The number of nitrogens with one attached hydrogen (secondary N) is 1. The standard InChI is InChI=1S/C19H28N4O4S/c1-14-11-19(20-23(14)4)15-5-7-17(8-6-15)27-13-16-12-26-10-9-18(16)21-28(24,25)22(2)3/h5-8,11,16,18,21H,9-10,12-13H2,1-4H3. The summed E-state index contributed by atoms with van der Waals surface area (Å²) in [6, 6.07) is 9.58. The lowest BCUT2D eigenvalue weighted by Gasteiger charge is -2.32. The molecule has 1 fully saturated rings. The molecule has 2 aromatic rings. The number of ether oxygens (including phenoxy) is 2. The number of aryl methyl sites for hydroxylation is 2. The van der Waals surface area contributed by atoms with E-state index in [2.05, 4.69) is 9.82 Å². The third-order valence-corrected chi connectivity index (χ3v) is 6.55. The molecule has 2 unspecified atom stereocenters. The van der Waals surface area contributed by atoms with Gasteiger partial charge in [0.15, 0.2) is 0 Å². The minimum absolute atomic E-state index is 0.0541. The van der Waals surface area contributed by atoms with Gasteiger partial charge in [0.1, 0.15) is 5.75 Å². The Hall–Kier alpha value is -1.94. The Morgan fingerprint density at radius 1 is 1.32 bits per heavy atom. The second kappa shape index (κ2) is 8.60. The Kier molecular flexibility index (Phi) is 6.39. The molecule has 1 aliphatic heterocycles. The fourth-order valence-corrected chi connectivity index (χ4v) is 3.94. The molecule has 0 amide bonds. The molecule has 9 heteroatoms. The Morgan fingerprint density at radius 2 is 2.04 bits per heavy atom. The second-order valence-electron chi connectivity index (χ2n) is 7.27. The van der Waals surface area contributed by atoms with Crippen LogP contribution in [0.15, 0.2) is 30.3 Å². The summed E-state index contributed by atoms with van der Waals surface area (Å²) < 4.78 is 41.5. The van der Waals surface area contributed by atoms with Crippen LogP contribution in [0.1, 0.15) is 12.1 Å². The van der Waals surface area contributed by atoms with E-state index in [-0.39, 0.29) is 12.0 Å². The number of rotatable bonds is 7. The average molecular weight is 409 g/mol. The molecule has 3 rings (SSSR count). The molecular formula is C19H28N4O4S. The first-order chi connectivity index (χ1) is 13.3. The van der Waals surface area contributed by atoms with Gasteiger partial charge in [0, 0.05) is 51.0 Å². The number of nitrogens with zero attached hydrogens (tertiary/aromatic N) is 3. The normalized spacial score (nSPS) is 20.5. The van der Waals surface area contributed by atoms with Crippen molar-refractivity contribution in [2.24, 2.45) is 13.0 Å². The third-order valence-electron chi connectivity index (χ3n) is 4.98. The van der Waals surface area contributed by atoms with Gasteiger partial charge in [-0.2, -0.15) is 22.5 Å². The molecule has 0 aliphatic carbocycles. The van der Waals surface area contributed by atoms with Gasteiger partial charge in [0.2, 0.25) is 0 Å².